The van der Waals surface area contributed by atoms with E-state index in [2.05, 4.69) is 10.3 Å². The minimum atomic E-state index is -0.384. The van der Waals surface area contributed by atoms with Crippen LogP contribution in [-0.2, 0) is 18.3 Å². The average Bonchev–Trinajstić information content (AvgIpc) is 3.01. The fourth-order valence-electron chi connectivity index (χ4n) is 2.62. The highest BCUT2D eigenvalue weighted by molar-refractivity contribution is 5.79. The molecule has 0 fully saturated rings. The molecule has 5 heteroatoms. The van der Waals surface area contributed by atoms with Crippen molar-refractivity contribution < 1.29 is 9.18 Å². The fourth-order valence-corrected chi connectivity index (χ4v) is 2.62. The first-order valence-corrected chi connectivity index (χ1v) is 7.70. The number of nitrogens with zero attached hydrogens (tertiary/aromatic N) is 2. The Balaban J connectivity index is 1.84. The van der Waals surface area contributed by atoms with Crippen molar-refractivity contribution in [1.29, 1.82) is 0 Å². The SMILES string of the molecule is Cn1ccnc1[C@@H](NC(=O)Cc1ccccc1F)c1ccccc1. The molecule has 1 atom stereocenters. The second kappa shape index (κ2) is 7.08. The Morgan fingerprint density at radius 3 is 2.54 bits per heavy atom. The van der Waals surface area contributed by atoms with E-state index in [1.165, 1.54) is 6.07 Å². The molecule has 0 aliphatic rings. The summed E-state index contributed by atoms with van der Waals surface area (Å²) in [6, 6.07) is 15.5. The van der Waals surface area contributed by atoms with Crippen molar-refractivity contribution in [3.63, 3.8) is 0 Å². The fraction of sp³-hybridized carbons (Fsp3) is 0.158. The molecule has 0 saturated heterocycles. The molecule has 1 aromatic heterocycles. The number of carbonyl (C=O) groups excluding carboxylic acids is 1. The number of hydrogen-bond acceptors (Lipinski definition) is 2. The third kappa shape index (κ3) is 3.51. The molecule has 1 heterocycles. The topological polar surface area (TPSA) is 46.9 Å². The van der Waals surface area contributed by atoms with E-state index in [4.69, 9.17) is 0 Å². The largest absolute Gasteiger partial charge is 0.342 e. The first-order valence-electron chi connectivity index (χ1n) is 7.70. The molecule has 3 aromatic rings. The van der Waals surface area contributed by atoms with Gasteiger partial charge in [0.25, 0.3) is 0 Å². The zero-order valence-electron chi connectivity index (χ0n) is 13.3. The van der Waals surface area contributed by atoms with E-state index in [0.29, 0.717) is 5.56 Å². The predicted molar refractivity (Wildman–Crippen MR) is 89.7 cm³/mol. The summed E-state index contributed by atoms with van der Waals surface area (Å²) in [6.07, 6.45) is 3.50. The molecule has 0 saturated carbocycles. The van der Waals surface area contributed by atoms with Crippen LogP contribution in [0.4, 0.5) is 4.39 Å². The van der Waals surface area contributed by atoms with E-state index in [1.807, 2.05) is 48.1 Å². The number of hydrogen-bond donors (Lipinski definition) is 1. The minimum absolute atomic E-state index is 0.0135. The van der Waals surface area contributed by atoms with Crippen molar-refractivity contribution in [3.8, 4) is 0 Å². The molecular weight excluding hydrogens is 305 g/mol. The Morgan fingerprint density at radius 1 is 1.17 bits per heavy atom. The van der Waals surface area contributed by atoms with Gasteiger partial charge >= 0.3 is 0 Å². The molecule has 1 N–H and O–H groups in total. The molecule has 0 aliphatic carbocycles. The van der Waals surface area contributed by atoms with Crippen molar-refractivity contribution in [2.75, 3.05) is 0 Å². The normalized spacial score (nSPS) is 11.9. The number of nitrogens with one attached hydrogen (secondary N) is 1. The van der Waals surface area contributed by atoms with Gasteiger partial charge in [-0.05, 0) is 17.2 Å². The number of carbonyl (C=O) groups is 1. The van der Waals surface area contributed by atoms with Crippen LogP contribution in [0.3, 0.4) is 0 Å². The van der Waals surface area contributed by atoms with Crippen molar-refractivity contribution >= 4 is 5.91 Å². The van der Waals surface area contributed by atoms with Gasteiger partial charge in [-0.15, -0.1) is 0 Å². The number of aryl methyl sites for hydroxylation is 1. The summed E-state index contributed by atoms with van der Waals surface area (Å²) >= 11 is 0. The van der Waals surface area contributed by atoms with Crippen LogP contribution in [-0.4, -0.2) is 15.5 Å². The van der Waals surface area contributed by atoms with Gasteiger partial charge in [-0.1, -0.05) is 48.5 Å². The molecule has 122 valence electrons. The lowest BCUT2D eigenvalue weighted by Crippen LogP contribution is -2.32. The molecule has 4 nitrogen and oxygen atoms in total. The van der Waals surface area contributed by atoms with Crippen LogP contribution in [0.15, 0.2) is 67.0 Å². The standard InChI is InChI=1S/C19H18FN3O/c1-23-12-11-21-19(23)18(14-7-3-2-4-8-14)22-17(24)13-15-9-5-6-10-16(15)20/h2-12,18H,13H2,1H3,(H,22,24)/t18-/m0/s1. The van der Waals surface area contributed by atoms with Gasteiger partial charge < -0.3 is 9.88 Å². The van der Waals surface area contributed by atoms with Gasteiger partial charge in [0.05, 0.1) is 6.42 Å². The van der Waals surface area contributed by atoms with E-state index in [0.717, 1.165) is 11.4 Å². The van der Waals surface area contributed by atoms with Crippen molar-refractivity contribution in [1.82, 2.24) is 14.9 Å². The predicted octanol–water partition coefficient (Wildman–Crippen LogP) is 3.01. The van der Waals surface area contributed by atoms with E-state index in [9.17, 15) is 9.18 Å². The number of halogens is 1. The molecule has 3 rings (SSSR count). The van der Waals surface area contributed by atoms with Crippen molar-refractivity contribution in [2.45, 2.75) is 12.5 Å². The van der Waals surface area contributed by atoms with E-state index < -0.39 is 0 Å². The number of amides is 1. The van der Waals surface area contributed by atoms with Gasteiger partial charge in [0.2, 0.25) is 5.91 Å². The Kier molecular flexibility index (Phi) is 4.70. The van der Waals surface area contributed by atoms with E-state index >= 15 is 0 Å². The first-order chi connectivity index (χ1) is 11.6. The highest BCUT2D eigenvalue weighted by Gasteiger charge is 2.21. The Hall–Kier alpha value is -2.95. The molecule has 0 unspecified atom stereocenters. The number of benzene rings is 2. The lowest BCUT2D eigenvalue weighted by Gasteiger charge is -2.19. The molecule has 1 amide bonds. The Bertz CT molecular complexity index is 829. The Morgan fingerprint density at radius 2 is 1.88 bits per heavy atom. The van der Waals surface area contributed by atoms with E-state index in [-0.39, 0.29) is 24.2 Å². The summed E-state index contributed by atoms with van der Waals surface area (Å²) in [5, 5.41) is 2.96. The Labute approximate surface area is 140 Å². The molecule has 0 radical (unpaired) electrons. The molecule has 0 aliphatic heterocycles. The molecule has 0 spiro atoms. The van der Waals surface area contributed by atoms with Crippen molar-refractivity contribution in [2.24, 2.45) is 7.05 Å². The van der Waals surface area contributed by atoms with Crippen LogP contribution in [0.2, 0.25) is 0 Å². The maximum Gasteiger partial charge on any atom is 0.225 e. The molecular formula is C19H18FN3O. The second-order valence-electron chi connectivity index (χ2n) is 5.58. The molecule has 2 aromatic carbocycles. The lowest BCUT2D eigenvalue weighted by atomic mass is 10.1. The lowest BCUT2D eigenvalue weighted by molar-refractivity contribution is -0.121. The summed E-state index contributed by atoms with van der Waals surface area (Å²) < 4.78 is 15.6. The molecule has 24 heavy (non-hydrogen) atoms. The van der Waals surface area contributed by atoms with E-state index in [1.54, 1.807) is 24.4 Å². The van der Waals surface area contributed by atoms with Crippen LogP contribution in [0, 0.1) is 5.82 Å². The maximum absolute atomic E-state index is 13.8. The summed E-state index contributed by atoms with van der Waals surface area (Å²) in [7, 11) is 1.88. The van der Waals surface area contributed by atoms with Gasteiger partial charge in [0.1, 0.15) is 17.7 Å². The molecule has 0 bridgehead atoms. The van der Waals surface area contributed by atoms with Crippen LogP contribution >= 0.6 is 0 Å². The summed E-state index contributed by atoms with van der Waals surface area (Å²) in [6.45, 7) is 0. The summed E-state index contributed by atoms with van der Waals surface area (Å²) in [4.78, 5) is 16.8. The smallest absolute Gasteiger partial charge is 0.225 e. The monoisotopic (exact) mass is 323 g/mol. The second-order valence-corrected chi connectivity index (χ2v) is 5.58. The minimum Gasteiger partial charge on any atom is -0.342 e. The van der Waals surface area contributed by atoms with Gasteiger partial charge in [0.15, 0.2) is 0 Å². The summed E-state index contributed by atoms with van der Waals surface area (Å²) in [5.74, 6) is 0.0981. The zero-order valence-corrected chi connectivity index (χ0v) is 13.3. The quantitative estimate of drug-likeness (QED) is 0.784. The zero-order chi connectivity index (χ0) is 16.9. The van der Waals surface area contributed by atoms with Crippen LogP contribution in [0.5, 0.6) is 0 Å². The van der Waals surface area contributed by atoms with Crippen LogP contribution in [0.25, 0.3) is 0 Å². The number of rotatable bonds is 5. The number of aromatic nitrogens is 2. The third-order valence-corrected chi connectivity index (χ3v) is 3.86. The third-order valence-electron chi connectivity index (χ3n) is 3.86. The van der Waals surface area contributed by atoms with Crippen LogP contribution in [0.1, 0.15) is 23.0 Å². The number of imidazole rings is 1. The van der Waals surface area contributed by atoms with Gasteiger partial charge in [0, 0.05) is 19.4 Å². The first kappa shape index (κ1) is 15.9. The van der Waals surface area contributed by atoms with Gasteiger partial charge in [-0.2, -0.15) is 0 Å². The average molecular weight is 323 g/mol. The van der Waals surface area contributed by atoms with Gasteiger partial charge in [-0.3, -0.25) is 4.79 Å². The summed E-state index contributed by atoms with van der Waals surface area (Å²) in [5.41, 5.74) is 1.30. The highest BCUT2D eigenvalue weighted by Crippen LogP contribution is 2.20. The highest BCUT2D eigenvalue weighted by atomic mass is 19.1. The van der Waals surface area contributed by atoms with Crippen molar-refractivity contribution in [3.05, 3.63) is 89.8 Å². The van der Waals surface area contributed by atoms with Crippen LogP contribution < -0.4 is 5.32 Å². The maximum atomic E-state index is 13.8. The van der Waals surface area contributed by atoms with Gasteiger partial charge in [-0.25, -0.2) is 9.37 Å².